The number of aliphatic imine (C=N–C) groups is 1. The molecule has 36 heavy (non-hydrogen) atoms. The molecule has 1 aromatic rings. The Morgan fingerprint density at radius 1 is 1.33 bits per heavy atom. The number of nitrogens with zero attached hydrogens (tertiary/aromatic N) is 3. The molecule has 0 saturated heterocycles. The molecule has 2 bridgehead atoms. The molecule has 12 nitrogen and oxygen atoms in total. The minimum atomic E-state index is -1.22. The summed E-state index contributed by atoms with van der Waals surface area (Å²) in [6.45, 7) is 5.74. The number of pyridine rings is 1. The predicted molar refractivity (Wildman–Crippen MR) is 134 cm³/mol. The number of carboxylic acids is 1. The van der Waals surface area contributed by atoms with E-state index in [0.717, 1.165) is 19.4 Å². The minimum Gasteiger partial charge on any atom is -0.480 e. The van der Waals surface area contributed by atoms with E-state index >= 15 is 0 Å². The van der Waals surface area contributed by atoms with Gasteiger partial charge < -0.3 is 31.5 Å². The topological polar surface area (TPSA) is 171 Å². The second kappa shape index (κ2) is 13.0. The van der Waals surface area contributed by atoms with Gasteiger partial charge in [0.15, 0.2) is 6.04 Å². The van der Waals surface area contributed by atoms with E-state index in [-0.39, 0.29) is 36.8 Å². The van der Waals surface area contributed by atoms with Crippen LogP contribution in [0.3, 0.4) is 0 Å². The highest BCUT2D eigenvalue weighted by molar-refractivity contribution is 5.89. The number of nitrogen functional groups attached to an aromatic ring is 1. The molecular weight excluding hydrogens is 466 g/mol. The first-order chi connectivity index (χ1) is 17.2. The number of carbonyl (C=O) groups is 3. The van der Waals surface area contributed by atoms with Gasteiger partial charge in [0.25, 0.3) is 6.34 Å². The van der Waals surface area contributed by atoms with Crippen LogP contribution in [0.25, 0.3) is 0 Å². The van der Waals surface area contributed by atoms with Crippen molar-refractivity contribution < 1.29 is 28.8 Å². The van der Waals surface area contributed by atoms with Gasteiger partial charge in [0.05, 0.1) is 19.2 Å². The molecule has 0 spiro atoms. The van der Waals surface area contributed by atoms with Gasteiger partial charge in [0.2, 0.25) is 5.91 Å². The number of hydrogen-bond acceptors (Lipinski definition) is 7. The maximum absolute atomic E-state index is 13.2. The zero-order valence-electron chi connectivity index (χ0n) is 20.7. The van der Waals surface area contributed by atoms with E-state index < -0.39 is 24.1 Å². The molecule has 3 rings (SSSR count). The van der Waals surface area contributed by atoms with E-state index in [4.69, 9.17) is 10.5 Å². The van der Waals surface area contributed by atoms with E-state index in [1.54, 1.807) is 18.5 Å². The smallest absolute Gasteiger partial charge is 0.326 e. The van der Waals surface area contributed by atoms with Crippen LogP contribution in [0.5, 0.6) is 0 Å². The van der Waals surface area contributed by atoms with Crippen LogP contribution < -0.4 is 21.7 Å². The molecule has 2 aliphatic rings. The Balaban J connectivity index is 1.71. The van der Waals surface area contributed by atoms with Gasteiger partial charge in [-0.3, -0.25) is 4.79 Å². The van der Waals surface area contributed by atoms with Gasteiger partial charge in [-0.05, 0) is 30.4 Å². The zero-order valence-corrected chi connectivity index (χ0v) is 20.7. The summed E-state index contributed by atoms with van der Waals surface area (Å²) in [5.74, 6) is -1.15. The summed E-state index contributed by atoms with van der Waals surface area (Å²) in [6.07, 6.45) is 7.22. The molecule has 0 aromatic carbocycles. The Kier molecular flexibility index (Phi) is 9.74. The van der Waals surface area contributed by atoms with E-state index in [2.05, 4.69) is 25.9 Å². The van der Waals surface area contributed by atoms with Gasteiger partial charge in [-0.25, -0.2) is 19.1 Å². The number of nitrogens with two attached hydrogens (primary N) is 1. The normalized spacial score (nSPS) is 23.8. The van der Waals surface area contributed by atoms with Crippen molar-refractivity contribution in [2.75, 3.05) is 25.5 Å². The lowest BCUT2D eigenvalue weighted by molar-refractivity contribution is -0.391. The number of amides is 3. The first kappa shape index (κ1) is 27.1. The third-order valence-electron chi connectivity index (χ3n) is 6.14. The molecule has 0 saturated carbocycles. The van der Waals surface area contributed by atoms with E-state index in [0.29, 0.717) is 24.6 Å². The highest BCUT2D eigenvalue weighted by atomic mass is 16.5. The second-order valence-corrected chi connectivity index (χ2v) is 9.45. The van der Waals surface area contributed by atoms with Crippen LogP contribution in [0.2, 0.25) is 0 Å². The molecule has 0 radical (unpaired) electrons. The summed E-state index contributed by atoms with van der Waals surface area (Å²) >= 11 is 0. The number of carboxylic acid groups (broad SMARTS) is 1. The highest BCUT2D eigenvalue weighted by Gasteiger charge is 2.32. The lowest BCUT2D eigenvalue weighted by atomic mass is 10.0. The summed E-state index contributed by atoms with van der Waals surface area (Å²) in [7, 11) is 0. The molecular formula is C24H36N7O5+. The van der Waals surface area contributed by atoms with Gasteiger partial charge in [-0.2, -0.15) is 0 Å². The number of carbonyl (C=O) groups excluding carboxylic acids is 2. The second-order valence-electron chi connectivity index (χ2n) is 9.45. The Labute approximate surface area is 210 Å². The molecule has 0 aliphatic carbocycles. The molecule has 1 aromatic heterocycles. The number of ether oxygens (including phenoxy) is 1. The molecule has 3 amide bonds. The van der Waals surface area contributed by atoms with Gasteiger partial charge in [0, 0.05) is 25.6 Å². The Morgan fingerprint density at radius 2 is 2.14 bits per heavy atom. The van der Waals surface area contributed by atoms with Crippen molar-refractivity contribution in [1.82, 2.24) is 20.9 Å². The summed E-state index contributed by atoms with van der Waals surface area (Å²) in [5.41, 5.74) is 6.18. The number of anilines is 1. The van der Waals surface area contributed by atoms with Crippen LogP contribution in [-0.2, 0) is 20.7 Å². The van der Waals surface area contributed by atoms with Crippen LogP contribution in [0.15, 0.2) is 23.3 Å². The van der Waals surface area contributed by atoms with E-state index in [1.165, 1.54) is 6.20 Å². The number of aliphatic carboxylic acids is 1. The van der Waals surface area contributed by atoms with E-state index in [9.17, 15) is 19.5 Å². The summed E-state index contributed by atoms with van der Waals surface area (Å²) in [4.78, 5) is 46.3. The largest absolute Gasteiger partial charge is 0.480 e. The molecule has 4 atom stereocenters. The van der Waals surface area contributed by atoms with E-state index in [1.807, 2.05) is 24.6 Å². The van der Waals surface area contributed by atoms with Crippen molar-refractivity contribution in [2.45, 2.75) is 63.7 Å². The maximum atomic E-state index is 13.2. The number of rotatable bonds is 6. The quantitative estimate of drug-likeness (QED) is 0.345. The predicted octanol–water partition coefficient (Wildman–Crippen LogP) is 0.162. The number of fused-ring (bicyclic) bond motifs is 1. The fraction of sp³-hybridized carbons (Fsp3) is 0.583. The van der Waals surface area contributed by atoms with Crippen LogP contribution in [0.4, 0.5) is 10.6 Å². The summed E-state index contributed by atoms with van der Waals surface area (Å²) in [5, 5.41) is 17.7. The Morgan fingerprint density at radius 3 is 2.83 bits per heavy atom. The standard InChI is InChI=1S/C24H35N7O5/c1-15(2)20-13-36-8-4-3-7-31-12-17(27-14-31)10-18(22(32)28-20)29-24(35)30-19(23(33)34)9-16-5-6-21(25)26-11-16/h5-6,11-12,14-15,17-20H,3-4,7-10,13H2,1-2H3,(H5-,25,26,28,29,30,32,33,34,35)/p+1/t17-,18+,19?,20+/m0/s1. The average Bonchev–Trinajstić information content (AvgIpc) is 3.27. The van der Waals surface area contributed by atoms with Crippen LogP contribution in [0, 0.1) is 5.92 Å². The fourth-order valence-corrected chi connectivity index (χ4v) is 3.94. The lowest BCUT2D eigenvalue weighted by Crippen LogP contribution is -2.56. The molecule has 6 N–H and O–H groups in total. The third-order valence-corrected chi connectivity index (χ3v) is 6.14. The minimum absolute atomic E-state index is 0.00924. The highest BCUT2D eigenvalue weighted by Crippen LogP contribution is 2.10. The van der Waals surface area contributed by atoms with Crippen molar-refractivity contribution in [3.8, 4) is 0 Å². The van der Waals surface area contributed by atoms with Crippen LogP contribution >= 0.6 is 0 Å². The average molecular weight is 503 g/mol. The van der Waals surface area contributed by atoms with Crippen molar-refractivity contribution in [2.24, 2.45) is 10.9 Å². The van der Waals surface area contributed by atoms with Crippen LogP contribution in [-0.4, -0.2) is 89.1 Å². The van der Waals surface area contributed by atoms with Crippen molar-refractivity contribution >= 4 is 36.3 Å². The third kappa shape index (κ3) is 8.29. The lowest BCUT2D eigenvalue weighted by Gasteiger charge is -2.26. The molecule has 2 aliphatic heterocycles. The SMILES string of the molecule is CC(C)[C@H]1COCCCC[N+]2=C[C@H](C[C@@H](NC(=O)NC(Cc3ccc(N)nc3)C(=O)O)C(=O)N1)N=C2. The molecule has 3 heterocycles. The number of aromatic nitrogens is 1. The molecule has 0 fully saturated rings. The summed E-state index contributed by atoms with van der Waals surface area (Å²) in [6, 6.07) is -0.218. The number of urea groups is 1. The zero-order chi connectivity index (χ0) is 26.1. The first-order valence-electron chi connectivity index (χ1n) is 12.2. The monoisotopic (exact) mass is 502 g/mol. The Hall–Kier alpha value is -3.54. The Bertz CT molecular complexity index is 980. The molecule has 196 valence electrons. The summed E-state index contributed by atoms with van der Waals surface area (Å²) < 4.78 is 7.76. The van der Waals surface area contributed by atoms with Gasteiger partial charge in [0.1, 0.15) is 24.1 Å². The van der Waals surface area contributed by atoms with Crippen molar-refractivity contribution in [3.63, 3.8) is 0 Å². The fourth-order valence-electron chi connectivity index (χ4n) is 3.94. The molecule has 12 heteroatoms. The first-order valence-corrected chi connectivity index (χ1v) is 12.2. The number of nitrogens with one attached hydrogen (secondary N) is 3. The maximum Gasteiger partial charge on any atom is 0.326 e. The van der Waals surface area contributed by atoms with Gasteiger partial charge in [-0.1, -0.05) is 24.9 Å². The number of hydrogen-bond donors (Lipinski definition) is 5. The van der Waals surface area contributed by atoms with Crippen molar-refractivity contribution in [1.29, 1.82) is 0 Å². The molecule has 1 unspecified atom stereocenters. The van der Waals surface area contributed by atoms with Crippen LogP contribution in [0.1, 0.15) is 38.7 Å². The van der Waals surface area contributed by atoms with Gasteiger partial charge >= 0.3 is 12.0 Å². The van der Waals surface area contributed by atoms with Crippen molar-refractivity contribution in [3.05, 3.63) is 23.9 Å². The van der Waals surface area contributed by atoms with Gasteiger partial charge in [-0.15, -0.1) is 0 Å².